The average Bonchev–Trinajstić information content (AvgIpc) is 2.67. The predicted molar refractivity (Wildman–Crippen MR) is 113 cm³/mol. The van der Waals surface area contributed by atoms with Gasteiger partial charge in [-0.25, -0.2) is 13.1 Å². The van der Waals surface area contributed by atoms with Crippen LogP contribution in [0.5, 0.6) is 5.75 Å². The van der Waals surface area contributed by atoms with Crippen LogP contribution in [-0.2, 0) is 10.0 Å². The fraction of sp³-hybridized carbons (Fsp3) is 0.263. The van der Waals surface area contributed by atoms with Gasteiger partial charge in [-0.1, -0.05) is 19.1 Å². The van der Waals surface area contributed by atoms with Gasteiger partial charge in [-0.15, -0.1) is 0 Å². The van der Waals surface area contributed by atoms with Crippen molar-refractivity contribution in [1.82, 2.24) is 10.0 Å². The summed E-state index contributed by atoms with van der Waals surface area (Å²) in [6.07, 6.45) is 0.708. The number of ether oxygens (including phenoxy) is 1. The lowest BCUT2D eigenvalue weighted by Crippen LogP contribution is -2.34. The molecule has 2 aromatic rings. The van der Waals surface area contributed by atoms with Crippen molar-refractivity contribution < 1.29 is 17.9 Å². The summed E-state index contributed by atoms with van der Waals surface area (Å²) in [6, 6.07) is 13.0. The van der Waals surface area contributed by atoms with Gasteiger partial charge in [0.25, 0.3) is 5.91 Å². The highest BCUT2D eigenvalue weighted by atomic mass is 32.2. The molecular formula is C19H23N3O4S2. The largest absolute Gasteiger partial charge is 0.493 e. The summed E-state index contributed by atoms with van der Waals surface area (Å²) in [5.41, 5.74) is 0.926. The van der Waals surface area contributed by atoms with Crippen molar-refractivity contribution in [2.45, 2.75) is 25.2 Å². The molecule has 0 bridgehead atoms. The Balaban J connectivity index is 2.01. The number of amides is 1. The molecule has 2 aromatic carbocycles. The third kappa shape index (κ3) is 6.01. The van der Waals surface area contributed by atoms with Gasteiger partial charge >= 0.3 is 0 Å². The number of carbonyl (C=O) groups excluding carboxylic acids is 1. The van der Waals surface area contributed by atoms with Gasteiger partial charge in [-0.2, -0.15) is 0 Å². The fourth-order valence-corrected chi connectivity index (χ4v) is 3.65. The highest BCUT2D eigenvalue weighted by molar-refractivity contribution is 7.89. The van der Waals surface area contributed by atoms with Crippen LogP contribution >= 0.6 is 12.2 Å². The summed E-state index contributed by atoms with van der Waals surface area (Å²) in [7, 11) is -3.53. The Morgan fingerprint density at radius 3 is 2.39 bits per heavy atom. The van der Waals surface area contributed by atoms with Gasteiger partial charge in [-0.05, 0) is 62.0 Å². The molecule has 9 heteroatoms. The minimum atomic E-state index is -3.53. The number of carbonyl (C=O) groups is 1. The number of benzene rings is 2. The number of rotatable bonds is 8. The van der Waals surface area contributed by atoms with E-state index >= 15 is 0 Å². The molecule has 150 valence electrons. The number of thiocarbonyl (C=S) groups is 1. The Kier molecular flexibility index (Phi) is 7.91. The first-order valence-corrected chi connectivity index (χ1v) is 10.7. The summed E-state index contributed by atoms with van der Waals surface area (Å²) in [4.78, 5) is 12.6. The normalized spacial score (nSPS) is 10.9. The first kappa shape index (κ1) is 21.8. The number of sulfonamides is 1. The number of para-hydroxylation sites is 1. The third-order valence-electron chi connectivity index (χ3n) is 3.62. The smallest absolute Gasteiger partial charge is 0.261 e. The Hall–Kier alpha value is -2.49. The van der Waals surface area contributed by atoms with E-state index < -0.39 is 15.9 Å². The maximum Gasteiger partial charge on any atom is 0.261 e. The quantitative estimate of drug-likeness (QED) is 0.567. The van der Waals surface area contributed by atoms with E-state index in [2.05, 4.69) is 15.4 Å². The number of hydrogen-bond acceptors (Lipinski definition) is 5. The maximum absolute atomic E-state index is 12.4. The van der Waals surface area contributed by atoms with Gasteiger partial charge < -0.3 is 10.1 Å². The van der Waals surface area contributed by atoms with Crippen molar-refractivity contribution in [1.29, 1.82) is 0 Å². The van der Waals surface area contributed by atoms with Crippen LogP contribution in [0.1, 0.15) is 30.6 Å². The summed E-state index contributed by atoms with van der Waals surface area (Å²) in [5.74, 6) is 0.0731. The molecule has 0 saturated heterocycles. The van der Waals surface area contributed by atoms with Crippen molar-refractivity contribution in [3.05, 3.63) is 54.1 Å². The number of nitrogens with one attached hydrogen (secondary N) is 3. The van der Waals surface area contributed by atoms with Crippen LogP contribution in [0, 0.1) is 0 Å². The Morgan fingerprint density at radius 2 is 1.75 bits per heavy atom. The van der Waals surface area contributed by atoms with Gasteiger partial charge in [0.2, 0.25) is 10.0 Å². The molecule has 2 rings (SSSR count). The van der Waals surface area contributed by atoms with E-state index in [1.54, 1.807) is 36.4 Å². The van der Waals surface area contributed by atoms with Crippen molar-refractivity contribution in [3.8, 4) is 5.75 Å². The van der Waals surface area contributed by atoms with Crippen molar-refractivity contribution in [2.24, 2.45) is 0 Å². The van der Waals surface area contributed by atoms with E-state index in [1.807, 2.05) is 13.8 Å². The van der Waals surface area contributed by atoms with Crippen molar-refractivity contribution in [3.63, 3.8) is 0 Å². The molecule has 0 fully saturated rings. The van der Waals surface area contributed by atoms with Crippen LogP contribution in [0.2, 0.25) is 0 Å². The summed E-state index contributed by atoms with van der Waals surface area (Å²) >= 11 is 5.17. The minimum Gasteiger partial charge on any atom is -0.493 e. The zero-order valence-electron chi connectivity index (χ0n) is 15.7. The summed E-state index contributed by atoms with van der Waals surface area (Å²) in [6.45, 7) is 4.54. The van der Waals surface area contributed by atoms with Crippen LogP contribution in [0.4, 0.5) is 5.69 Å². The zero-order chi connectivity index (χ0) is 20.6. The fourth-order valence-electron chi connectivity index (χ4n) is 2.31. The van der Waals surface area contributed by atoms with Crippen LogP contribution in [-0.4, -0.2) is 32.6 Å². The number of hydrogen-bond donors (Lipinski definition) is 3. The second-order valence-corrected chi connectivity index (χ2v) is 7.93. The van der Waals surface area contributed by atoms with E-state index in [4.69, 9.17) is 17.0 Å². The summed E-state index contributed by atoms with van der Waals surface area (Å²) in [5, 5.41) is 5.54. The van der Waals surface area contributed by atoms with E-state index in [9.17, 15) is 13.2 Å². The molecule has 0 unspecified atom stereocenters. The topological polar surface area (TPSA) is 96.5 Å². The Bertz CT molecular complexity index is 928. The van der Waals surface area contributed by atoms with Gasteiger partial charge in [0.1, 0.15) is 5.75 Å². The average molecular weight is 422 g/mol. The maximum atomic E-state index is 12.4. The molecule has 0 radical (unpaired) electrons. The molecule has 3 N–H and O–H groups in total. The third-order valence-corrected chi connectivity index (χ3v) is 5.30. The molecule has 0 aliphatic heterocycles. The molecule has 0 spiro atoms. The lowest BCUT2D eigenvalue weighted by atomic mass is 10.2. The lowest BCUT2D eigenvalue weighted by Gasteiger charge is -2.12. The van der Waals surface area contributed by atoms with Gasteiger partial charge in [0.05, 0.1) is 17.1 Å². The summed E-state index contributed by atoms with van der Waals surface area (Å²) < 4.78 is 32.1. The SMILES string of the molecule is CCCNS(=O)(=O)c1ccc(NC(=S)NC(=O)c2ccccc2OCC)cc1. The first-order chi connectivity index (χ1) is 13.4. The monoisotopic (exact) mass is 421 g/mol. The molecule has 0 aliphatic carbocycles. The van der Waals surface area contributed by atoms with Crippen molar-refractivity contribution in [2.75, 3.05) is 18.5 Å². The predicted octanol–water partition coefficient (Wildman–Crippen LogP) is 2.90. The van der Waals surface area contributed by atoms with Crippen LogP contribution < -0.4 is 20.1 Å². The van der Waals surface area contributed by atoms with Crippen LogP contribution in [0.25, 0.3) is 0 Å². The molecule has 28 heavy (non-hydrogen) atoms. The molecular weight excluding hydrogens is 398 g/mol. The Morgan fingerprint density at radius 1 is 1.07 bits per heavy atom. The molecule has 0 aliphatic rings. The molecule has 0 atom stereocenters. The van der Waals surface area contributed by atoms with E-state index in [0.29, 0.717) is 36.6 Å². The van der Waals surface area contributed by atoms with Gasteiger partial charge in [0.15, 0.2) is 5.11 Å². The molecule has 7 nitrogen and oxygen atoms in total. The highest BCUT2D eigenvalue weighted by Crippen LogP contribution is 2.18. The highest BCUT2D eigenvalue weighted by Gasteiger charge is 2.15. The zero-order valence-corrected chi connectivity index (χ0v) is 17.3. The van der Waals surface area contributed by atoms with Crippen LogP contribution in [0.3, 0.4) is 0 Å². The van der Waals surface area contributed by atoms with Gasteiger partial charge in [0, 0.05) is 12.2 Å². The van der Waals surface area contributed by atoms with E-state index in [1.165, 1.54) is 12.1 Å². The molecule has 0 aromatic heterocycles. The lowest BCUT2D eigenvalue weighted by molar-refractivity contribution is 0.0974. The second kappa shape index (κ2) is 10.2. The van der Waals surface area contributed by atoms with Gasteiger partial charge in [-0.3, -0.25) is 10.1 Å². The van der Waals surface area contributed by atoms with Crippen molar-refractivity contribution >= 4 is 38.9 Å². The molecule has 0 saturated carbocycles. The first-order valence-electron chi connectivity index (χ1n) is 8.81. The number of anilines is 1. The minimum absolute atomic E-state index is 0.0935. The second-order valence-electron chi connectivity index (χ2n) is 5.76. The molecule has 1 amide bonds. The van der Waals surface area contributed by atoms with Crippen LogP contribution in [0.15, 0.2) is 53.4 Å². The Labute approximate surface area is 170 Å². The van der Waals surface area contributed by atoms with E-state index in [0.717, 1.165) is 0 Å². The molecule has 0 heterocycles. The standard InChI is InChI=1S/C19H23N3O4S2/c1-3-13-20-28(24,25)15-11-9-14(10-12-15)21-19(27)22-18(23)16-7-5-6-8-17(16)26-4-2/h5-12,20H,3-4,13H2,1-2H3,(H2,21,22,23,27). The van der Waals surface area contributed by atoms with E-state index in [-0.39, 0.29) is 10.0 Å².